The summed E-state index contributed by atoms with van der Waals surface area (Å²) in [6.07, 6.45) is 3.82. The number of benzene rings is 1. The summed E-state index contributed by atoms with van der Waals surface area (Å²) in [6, 6.07) is 8.31. The first-order valence-electron chi connectivity index (χ1n) is 5.67. The van der Waals surface area contributed by atoms with Crippen LogP contribution in [0, 0.1) is 5.92 Å². The lowest BCUT2D eigenvalue weighted by atomic mass is 10.0. The van der Waals surface area contributed by atoms with E-state index in [2.05, 4.69) is 23.1 Å². The van der Waals surface area contributed by atoms with Crippen LogP contribution in [0.1, 0.15) is 24.3 Å². The van der Waals surface area contributed by atoms with Crippen molar-refractivity contribution in [2.45, 2.75) is 18.8 Å². The van der Waals surface area contributed by atoms with Crippen LogP contribution in [0.5, 0.6) is 0 Å². The molecule has 0 aromatic heterocycles. The van der Waals surface area contributed by atoms with Gasteiger partial charge in [-0.2, -0.15) is 0 Å². The van der Waals surface area contributed by atoms with E-state index in [0.29, 0.717) is 0 Å². The normalized spacial score (nSPS) is 24.0. The predicted molar refractivity (Wildman–Crippen MR) is 60.2 cm³/mol. The van der Waals surface area contributed by atoms with Crippen LogP contribution in [0.2, 0.25) is 0 Å². The number of aldehydes is 1. The first-order chi connectivity index (χ1) is 7.38. The Morgan fingerprint density at radius 3 is 2.87 bits per heavy atom. The topological polar surface area (TPSA) is 20.3 Å². The van der Waals surface area contributed by atoms with Crippen LogP contribution in [0.25, 0.3) is 0 Å². The standard InChI is InChI=1S/C13H15NO/c15-9-11-8-14(7-10-5-6-10)13-4-2-1-3-12(11)13/h1-4,9-11H,5-8H2. The molecule has 0 amide bonds. The molecule has 1 aromatic carbocycles. The smallest absolute Gasteiger partial charge is 0.129 e. The Hall–Kier alpha value is -1.31. The van der Waals surface area contributed by atoms with Crippen LogP contribution in [0.4, 0.5) is 5.69 Å². The van der Waals surface area contributed by atoms with Crippen LogP contribution in [0.15, 0.2) is 24.3 Å². The minimum atomic E-state index is 0.0972. The molecule has 1 unspecified atom stereocenters. The molecule has 0 spiro atoms. The number of fused-ring (bicyclic) bond motifs is 1. The first-order valence-corrected chi connectivity index (χ1v) is 5.67. The number of rotatable bonds is 3. The molecule has 1 aromatic rings. The first kappa shape index (κ1) is 8.96. The second-order valence-corrected chi connectivity index (χ2v) is 4.65. The van der Waals surface area contributed by atoms with Crippen molar-refractivity contribution in [1.29, 1.82) is 0 Å². The Morgan fingerprint density at radius 2 is 2.13 bits per heavy atom. The molecule has 0 radical (unpaired) electrons. The molecule has 2 nitrogen and oxygen atoms in total. The van der Waals surface area contributed by atoms with Gasteiger partial charge in [-0.3, -0.25) is 0 Å². The summed E-state index contributed by atoms with van der Waals surface area (Å²) < 4.78 is 0. The number of hydrogen-bond acceptors (Lipinski definition) is 2. The monoisotopic (exact) mass is 201 g/mol. The number of carbonyl (C=O) groups is 1. The van der Waals surface area contributed by atoms with Crippen LogP contribution in [-0.2, 0) is 4.79 Å². The molecule has 78 valence electrons. The second-order valence-electron chi connectivity index (χ2n) is 4.65. The highest BCUT2D eigenvalue weighted by atomic mass is 16.1. The van der Waals surface area contributed by atoms with Gasteiger partial charge >= 0.3 is 0 Å². The Bertz CT molecular complexity index is 384. The van der Waals surface area contributed by atoms with Gasteiger partial charge < -0.3 is 9.69 Å². The van der Waals surface area contributed by atoms with Crippen LogP contribution >= 0.6 is 0 Å². The van der Waals surface area contributed by atoms with E-state index in [9.17, 15) is 4.79 Å². The summed E-state index contributed by atoms with van der Waals surface area (Å²) >= 11 is 0. The van der Waals surface area contributed by atoms with E-state index < -0.39 is 0 Å². The van der Waals surface area contributed by atoms with Crippen LogP contribution in [0.3, 0.4) is 0 Å². The number of hydrogen-bond donors (Lipinski definition) is 0. The molecule has 1 fully saturated rings. The summed E-state index contributed by atoms with van der Waals surface area (Å²) in [5.41, 5.74) is 2.50. The number of anilines is 1. The molecule has 2 aliphatic rings. The molecule has 0 bridgehead atoms. The molecule has 2 heteroatoms. The van der Waals surface area contributed by atoms with Crippen molar-refractivity contribution in [2.24, 2.45) is 5.92 Å². The fourth-order valence-electron chi connectivity index (χ4n) is 2.42. The molecule has 1 atom stereocenters. The van der Waals surface area contributed by atoms with E-state index in [-0.39, 0.29) is 5.92 Å². The quantitative estimate of drug-likeness (QED) is 0.699. The molecule has 1 aliphatic heterocycles. The molecule has 1 saturated carbocycles. The summed E-state index contributed by atoms with van der Waals surface area (Å²) in [5.74, 6) is 0.975. The van der Waals surface area contributed by atoms with E-state index in [1.165, 1.54) is 24.1 Å². The van der Waals surface area contributed by atoms with Gasteiger partial charge in [0.25, 0.3) is 0 Å². The third-order valence-electron chi connectivity index (χ3n) is 3.43. The van der Waals surface area contributed by atoms with Crippen molar-refractivity contribution in [2.75, 3.05) is 18.0 Å². The largest absolute Gasteiger partial charge is 0.370 e. The van der Waals surface area contributed by atoms with Crippen LogP contribution in [-0.4, -0.2) is 19.4 Å². The summed E-state index contributed by atoms with van der Waals surface area (Å²) in [5, 5.41) is 0. The number of nitrogens with zero attached hydrogens (tertiary/aromatic N) is 1. The molecular formula is C13H15NO. The minimum absolute atomic E-state index is 0.0972. The average Bonchev–Trinajstić information content (AvgIpc) is 3.01. The number of carbonyl (C=O) groups excluding carboxylic acids is 1. The van der Waals surface area contributed by atoms with Crippen LogP contribution < -0.4 is 4.90 Å². The predicted octanol–water partition coefficient (Wildman–Crippen LogP) is 2.20. The zero-order valence-electron chi connectivity index (χ0n) is 8.73. The van der Waals surface area contributed by atoms with Crippen molar-refractivity contribution in [1.82, 2.24) is 0 Å². The van der Waals surface area contributed by atoms with E-state index in [1.54, 1.807) is 0 Å². The maximum absolute atomic E-state index is 11.0. The third kappa shape index (κ3) is 1.54. The van der Waals surface area contributed by atoms with Crippen molar-refractivity contribution in [3.05, 3.63) is 29.8 Å². The minimum Gasteiger partial charge on any atom is -0.370 e. The second kappa shape index (κ2) is 3.37. The highest BCUT2D eigenvalue weighted by molar-refractivity contribution is 5.74. The molecule has 1 heterocycles. The summed E-state index contributed by atoms with van der Waals surface area (Å²) in [4.78, 5) is 13.4. The zero-order chi connectivity index (χ0) is 10.3. The van der Waals surface area contributed by atoms with Crippen molar-refractivity contribution < 1.29 is 4.79 Å². The Labute approximate surface area is 89.9 Å². The van der Waals surface area contributed by atoms with Gasteiger partial charge in [0.15, 0.2) is 0 Å². The lowest BCUT2D eigenvalue weighted by molar-refractivity contribution is -0.108. The Kier molecular flexibility index (Phi) is 2.01. The Morgan fingerprint density at radius 1 is 1.33 bits per heavy atom. The fourth-order valence-corrected chi connectivity index (χ4v) is 2.42. The van der Waals surface area contributed by atoms with Gasteiger partial charge in [-0.15, -0.1) is 0 Å². The lowest BCUT2D eigenvalue weighted by Gasteiger charge is -2.18. The van der Waals surface area contributed by atoms with Gasteiger partial charge in [0, 0.05) is 18.8 Å². The molecule has 1 aliphatic carbocycles. The summed E-state index contributed by atoms with van der Waals surface area (Å²) in [7, 11) is 0. The maximum Gasteiger partial charge on any atom is 0.129 e. The van der Waals surface area contributed by atoms with Crippen molar-refractivity contribution >= 4 is 12.0 Å². The molecule has 3 rings (SSSR count). The SMILES string of the molecule is O=CC1CN(CC2CC2)c2ccccc21. The Balaban J connectivity index is 1.90. The highest BCUT2D eigenvalue weighted by Crippen LogP contribution is 2.38. The van der Waals surface area contributed by atoms with Gasteiger partial charge in [-0.25, -0.2) is 0 Å². The molecule has 15 heavy (non-hydrogen) atoms. The van der Waals surface area contributed by atoms with Crippen molar-refractivity contribution in [3.8, 4) is 0 Å². The van der Waals surface area contributed by atoms with Gasteiger partial charge in [0.05, 0.1) is 5.92 Å². The van der Waals surface area contributed by atoms with Crippen molar-refractivity contribution in [3.63, 3.8) is 0 Å². The molecular weight excluding hydrogens is 186 g/mol. The van der Waals surface area contributed by atoms with E-state index >= 15 is 0 Å². The highest BCUT2D eigenvalue weighted by Gasteiger charge is 2.32. The van der Waals surface area contributed by atoms with E-state index in [1.807, 2.05) is 6.07 Å². The third-order valence-corrected chi connectivity index (χ3v) is 3.43. The summed E-state index contributed by atoms with van der Waals surface area (Å²) in [6.45, 7) is 2.03. The fraction of sp³-hybridized carbons (Fsp3) is 0.462. The maximum atomic E-state index is 11.0. The van der Waals surface area contributed by atoms with E-state index in [4.69, 9.17) is 0 Å². The van der Waals surface area contributed by atoms with E-state index in [0.717, 1.165) is 25.3 Å². The van der Waals surface area contributed by atoms with Gasteiger partial charge in [-0.05, 0) is 30.4 Å². The average molecular weight is 201 g/mol. The van der Waals surface area contributed by atoms with Gasteiger partial charge in [-0.1, -0.05) is 18.2 Å². The lowest BCUT2D eigenvalue weighted by Crippen LogP contribution is -2.24. The zero-order valence-corrected chi connectivity index (χ0v) is 8.73. The van der Waals surface area contributed by atoms with Gasteiger partial charge in [0.1, 0.15) is 6.29 Å². The van der Waals surface area contributed by atoms with Gasteiger partial charge in [0.2, 0.25) is 0 Å². The molecule has 0 N–H and O–H groups in total. The molecule has 0 saturated heterocycles. The number of para-hydroxylation sites is 1.